The van der Waals surface area contributed by atoms with E-state index >= 15 is 0 Å². The zero-order chi connectivity index (χ0) is 25.6. The van der Waals surface area contributed by atoms with Crippen LogP contribution in [0.3, 0.4) is 0 Å². The second-order valence-electron chi connectivity index (χ2n) is 8.83. The zero-order valence-corrected chi connectivity index (χ0v) is 20.1. The van der Waals surface area contributed by atoms with Crippen LogP contribution < -0.4 is 14.8 Å². The van der Waals surface area contributed by atoms with Gasteiger partial charge in [-0.2, -0.15) is 13.2 Å². The first kappa shape index (κ1) is 26.1. The van der Waals surface area contributed by atoms with Gasteiger partial charge >= 0.3 is 6.18 Å². The van der Waals surface area contributed by atoms with E-state index in [0.717, 1.165) is 29.0 Å². The number of nitrogens with one attached hydrogen (secondary N) is 1. The number of rotatable bonds is 9. The predicted molar refractivity (Wildman–Crippen MR) is 127 cm³/mol. The van der Waals surface area contributed by atoms with Crippen LogP contribution in [0.5, 0.6) is 11.6 Å². The molecule has 1 aromatic heterocycles. The lowest BCUT2D eigenvalue weighted by Gasteiger charge is -2.30. The van der Waals surface area contributed by atoms with Crippen LogP contribution in [-0.4, -0.2) is 29.6 Å². The van der Waals surface area contributed by atoms with Crippen LogP contribution in [-0.2, 0) is 17.4 Å². The molecule has 0 radical (unpaired) electrons. The van der Waals surface area contributed by atoms with Crippen LogP contribution in [0.15, 0.2) is 72.9 Å². The van der Waals surface area contributed by atoms with Gasteiger partial charge in [-0.1, -0.05) is 42.5 Å². The van der Waals surface area contributed by atoms with Gasteiger partial charge in [-0.15, -0.1) is 0 Å². The number of halogens is 3. The number of benzene rings is 2. The largest absolute Gasteiger partial charge is 0.497 e. The molecular weight excluding hydrogens is 457 g/mol. The first-order valence-electron chi connectivity index (χ1n) is 11.2. The van der Waals surface area contributed by atoms with Gasteiger partial charge in [-0.3, -0.25) is 4.79 Å². The third-order valence-corrected chi connectivity index (χ3v) is 5.77. The highest BCUT2D eigenvalue weighted by Gasteiger charge is 2.34. The van der Waals surface area contributed by atoms with E-state index in [-0.39, 0.29) is 17.8 Å². The molecule has 0 spiro atoms. The Hall–Kier alpha value is -3.55. The van der Waals surface area contributed by atoms with E-state index in [9.17, 15) is 18.0 Å². The minimum atomic E-state index is -4.50. The number of hydrogen-bond donors (Lipinski definition) is 1. The summed E-state index contributed by atoms with van der Waals surface area (Å²) in [6, 6.07) is 19.4. The number of amides is 1. The van der Waals surface area contributed by atoms with Crippen LogP contribution in [0.4, 0.5) is 13.2 Å². The summed E-state index contributed by atoms with van der Waals surface area (Å²) in [5.41, 5.74) is -0.0861. The number of ether oxygens (including phenoxy) is 2. The first-order valence-corrected chi connectivity index (χ1v) is 11.2. The molecule has 2 aromatic carbocycles. The van der Waals surface area contributed by atoms with Crippen LogP contribution in [0.2, 0.25) is 0 Å². The molecule has 3 rings (SSSR count). The Bertz CT molecular complexity index is 1100. The predicted octanol–water partition coefficient (Wildman–Crippen LogP) is 5.80. The van der Waals surface area contributed by atoms with Crippen molar-refractivity contribution in [1.29, 1.82) is 0 Å². The molecule has 186 valence electrons. The lowest BCUT2D eigenvalue weighted by molar-refractivity contribution is -0.138. The minimum absolute atomic E-state index is 0.0338. The van der Waals surface area contributed by atoms with E-state index in [1.165, 1.54) is 0 Å². The van der Waals surface area contributed by atoms with Crippen molar-refractivity contribution in [3.8, 4) is 11.6 Å². The van der Waals surface area contributed by atoms with Crippen molar-refractivity contribution in [2.45, 2.75) is 50.9 Å². The van der Waals surface area contributed by atoms with E-state index in [2.05, 4.69) is 10.3 Å². The average molecular weight is 487 g/mol. The smallest absolute Gasteiger partial charge is 0.417 e. The molecule has 35 heavy (non-hydrogen) atoms. The lowest BCUT2D eigenvalue weighted by Crippen LogP contribution is -2.51. The molecule has 0 aliphatic heterocycles. The Kier molecular flexibility index (Phi) is 8.04. The third-order valence-electron chi connectivity index (χ3n) is 5.77. The van der Waals surface area contributed by atoms with Crippen molar-refractivity contribution in [2.75, 3.05) is 7.11 Å². The molecule has 3 aromatic rings. The highest BCUT2D eigenvalue weighted by molar-refractivity contribution is 5.85. The van der Waals surface area contributed by atoms with Crippen molar-refractivity contribution < 1.29 is 27.4 Å². The monoisotopic (exact) mass is 486 g/mol. The molecule has 0 aliphatic rings. The van der Waals surface area contributed by atoms with Gasteiger partial charge in [-0.05, 0) is 56.5 Å². The van der Waals surface area contributed by atoms with E-state index in [4.69, 9.17) is 9.47 Å². The standard InChI is InChI=1S/C27H29F3N2O3/c1-18(23(20-8-6-5-7-9-20)16-19-10-13-22(34-4)14-11-19)32-25(33)26(2,3)35-24-15-12-21(17-31-24)27(28,29)30/h5-15,17-18,23H,16H2,1-4H3,(H,32,33). The molecule has 1 amide bonds. The second kappa shape index (κ2) is 10.8. The quantitative estimate of drug-likeness (QED) is 0.416. The van der Waals surface area contributed by atoms with Crippen molar-refractivity contribution >= 4 is 5.91 Å². The highest BCUT2D eigenvalue weighted by atomic mass is 19.4. The molecular formula is C27H29F3N2O3. The normalized spacial score (nSPS) is 13.6. The van der Waals surface area contributed by atoms with Crippen LogP contribution >= 0.6 is 0 Å². The molecule has 2 atom stereocenters. The Morgan fingerprint density at radius 3 is 2.20 bits per heavy atom. The minimum Gasteiger partial charge on any atom is -0.497 e. The summed E-state index contributed by atoms with van der Waals surface area (Å²) < 4.78 is 49.3. The van der Waals surface area contributed by atoms with Crippen molar-refractivity contribution in [1.82, 2.24) is 10.3 Å². The number of carbonyl (C=O) groups is 1. The number of aromatic nitrogens is 1. The maximum absolute atomic E-state index is 13.1. The van der Waals surface area contributed by atoms with E-state index in [1.807, 2.05) is 61.5 Å². The van der Waals surface area contributed by atoms with Gasteiger partial charge in [0.15, 0.2) is 5.60 Å². The summed E-state index contributed by atoms with van der Waals surface area (Å²) in [5.74, 6) is 0.265. The van der Waals surface area contributed by atoms with E-state index in [0.29, 0.717) is 12.6 Å². The molecule has 0 fully saturated rings. The summed E-state index contributed by atoms with van der Waals surface area (Å²) >= 11 is 0. The fourth-order valence-corrected chi connectivity index (χ4v) is 3.70. The SMILES string of the molecule is COc1ccc(CC(c2ccccc2)C(C)NC(=O)C(C)(C)Oc2ccc(C(F)(F)F)cn2)cc1. The summed E-state index contributed by atoms with van der Waals surface area (Å²) in [4.78, 5) is 16.8. The topological polar surface area (TPSA) is 60.5 Å². The number of alkyl halides is 3. The fraction of sp³-hybridized carbons (Fsp3) is 0.333. The van der Waals surface area contributed by atoms with Gasteiger partial charge in [0.05, 0.1) is 12.7 Å². The maximum atomic E-state index is 13.1. The van der Waals surface area contributed by atoms with Gasteiger partial charge < -0.3 is 14.8 Å². The third kappa shape index (κ3) is 6.97. The summed E-state index contributed by atoms with van der Waals surface area (Å²) in [6.07, 6.45) is -3.13. The number of nitrogens with zero attached hydrogens (tertiary/aromatic N) is 1. The number of methoxy groups -OCH3 is 1. The number of carbonyl (C=O) groups excluding carboxylic acids is 1. The molecule has 5 nitrogen and oxygen atoms in total. The fourth-order valence-electron chi connectivity index (χ4n) is 3.70. The number of pyridine rings is 1. The Labute approximate surface area is 203 Å². The molecule has 1 N–H and O–H groups in total. The van der Waals surface area contributed by atoms with E-state index in [1.54, 1.807) is 21.0 Å². The first-order chi connectivity index (χ1) is 16.5. The number of hydrogen-bond acceptors (Lipinski definition) is 4. The van der Waals surface area contributed by atoms with Gasteiger partial charge in [0.25, 0.3) is 5.91 Å². The molecule has 0 saturated heterocycles. The van der Waals surface area contributed by atoms with Crippen molar-refractivity contribution in [3.63, 3.8) is 0 Å². The summed E-state index contributed by atoms with van der Waals surface area (Å²) in [5, 5.41) is 3.02. The Morgan fingerprint density at radius 1 is 1.00 bits per heavy atom. The molecule has 0 aliphatic carbocycles. The molecule has 0 saturated carbocycles. The lowest BCUT2D eigenvalue weighted by atomic mass is 9.86. The summed E-state index contributed by atoms with van der Waals surface area (Å²) in [7, 11) is 1.61. The van der Waals surface area contributed by atoms with Crippen molar-refractivity contribution in [3.05, 3.63) is 89.6 Å². The second-order valence-corrected chi connectivity index (χ2v) is 8.83. The molecule has 8 heteroatoms. The van der Waals surface area contributed by atoms with E-state index < -0.39 is 23.2 Å². The Balaban J connectivity index is 1.73. The van der Waals surface area contributed by atoms with Gasteiger partial charge in [0.1, 0.15) is 5.75 Å². The Morgan fingerprint density at radius 2 is 1.66 bits per heavy atom. The van der Waals surface area contributed by atoms with Crippen LogP contribution in [0.1, 0.15) is 43.4 Å². The molecule has 2 unspecified atom stereocenters. The van der Waals surface area contributed by atoms with Gasteiger partial charge in [0.2, 0.25) is 5.88 Å². The van der Waals surface area contributed by atoms with Crippen LogP contribution in [0.25, 0.3) is 0 Å². The molecule has 0 bridgehead atoms. The average Bonchev–Trinajstić information content (AvgIpc) is 2.83. The van der Waals surface area contributed by atoms with Crippen molar-refractivity contribution in [2.24, 2.45) is 0 Å². The highest BCUT2D eigenvalue weighted by Crippen LogP contribution is 2.30. The zero-order valence-electron chi connectivity index (χ0n) is 20.1. The van der Waals surface area contributed by atoms with Gasteiger partial charge in [-0.25, -0.2) is 4.98 Å². The maximum Gasteiger partial charge on any atom is 0.417 e. The molecule has 1 heterocycles. The summed E-state index contributed by atoms with van der Waals surface area (Å²) in [6.45, 7) is 5.02. The van der Waals surface area contributed by atoms with Crippen LogP contribution in [0, 0.1) is 0 Å². The van der Waals surface area contributed by atoms with Gasteiger partial charge in [0, 0.05) is 24.2 Å².